The molecule has 0 aliphatic heterocycles. The maximum Gasteiger partial charge on any atom is 0.246 e. The molecule has 0 radical (unpaired) electrons. The zero-order chi connectivity index (χ0) is 17.1. The van der Waals surface area contributed by atoms with Crippen molar-refractivity contribution in [3.05, 3.63) is 64.7 Å². The maximum absolute atomic E-state index is 11.8. The monoisotopic (exact) mass is 340 g/mol. The lowest BCUT2D eigenvalue weighted by molar-refractivity contribution is 0.0924. The van der Waals surface area contributed by atoms with E-state index in [0.717, 1.165) is 16.7 Å². The van der Waals surface area contributed by atoms with Gasteiger partial charge < -0.3 is 5.32 Å². The number of rotatable bonds is 4. The van der Waals surface area contributed by atoms with Crippen molar-refractivity contribution < 1.29 is 4.79 Å². The van der Waals surface area contributed by atoms with Crippen LogP contribution in [0.1, 0.15) is 22.8 Å². The van der Waals surface area contributed by atoms with E-state index in [1.807, 2.05) is 55.5 Å². The first-order chi connectivity index (χ1) is 11.5. The minimum absolute atomic E-state index is 0.195. The standard InChI is InChI=1S/C18H17ClN4O/c1-12-3-7-15(8-4-12)17-21-18(23(22-17)13(2)24)20-11-14-5-9-16(19)10-6-14/h3-10H,11H2,1-2H3,(H,20,21,22). The number of carbonyl (C=O) groups is 1. The van der Waals surface area contributed by atoms with E-state index in [0.29, 0.717) is 23.3 Å². The fraction of sp³-hybridized carbons (Fsp3) is 0.167. The molecule has 5 nitrogen and oxygen atoms in total. The van der Waals surface area contributed by atoms with Crippen molar-refractivity contribution in [1.82, 2.24) is 14.8 Å². The zero-order valence-electron chi connectivity index (χ0n) is 13.5. The van der Waals surface area contributed by atoms with Gasteiger partial charge in [-0.15, -0.1) is 5.10 Å². The Bertz CT molecular complexity index is 854. The first-order valence-electron chi connectivity index (χ1n) is 7.56. The number of aromatic nitrogens is 3. The predicted octanol–water partition coefficient (Wildman–Crippen LogP) is 4.18. The summed E-state index contributed by atoms with van der Waals surface area (Å²) in [4.78, 5) is 16.3. The lowest BCUT2D eigenvalue weighted by Gasteiger charge is -2.05. The first kappa shape index (κ1) is 16.2. The number of carbonyl (C=O) groups excluding carboxylic acids is 1. The van der Waals surface area contributed by atoms with Gasteiger partial charge in [-0.25, -0.2) is 0 Å². The molecule has 3 rings (SSSR count). The van der Waals surface area contributed by atoms with E-state index >= 15 is 0 Å². The molecule has 1 N–H and O–H groups in total. The van der Waals surface area contributed by atoms with Gasteiger partial charge in [-0.2, -0.15) is 9.67 Å². The molecule has 0 aliphatic carbocycles. The van der Waals surface area contributed by atoms with Gasteiger partial charge in [0, 0.05) is 24.1 Å². The Balaban J connectivity index is 1.85. The van der Waals surface area contributed by atoms with Gasteiger partial charge in [0.25, 0.3) is 0 Å². The second-order valence-electron chi connectivity index (χ2n) is 5.54. The van der Waals surface area contributed by atoms with Crippen molar-refractivity contribution in [2.45, 2.75) is 20.4 Å². The largest absolute Gasteiger partial charge is 0.350 e. The summed E-state index contributed by atoms with van der Waals surface area (Å²) in [5, 5.41) is 8.15. The third-order valence-electron chi connectivity index (χ3n) is 3.58. The van der Waals surface area contributed by atoms with Gasteiger partial charge in [0.15, 0.2) is 5.82 Å². The number of anilines is 1. The minimum atomic E-state index is -0.195. The average Bonchev–Trinajstić information content (AvgIpc) is 2.99. The number of halogens is 1. The van der Waals surface area contributed by atoms with E-state index in [1.54, 1.807) is 0 Å². The minimum Gasteiger partial charge on any atom is -0.350 e. The van der Waals surface area contributed by atoms with Crippen LogP contribution in [0.5, 0.6) is 0 Å². The van der Waals surface area contributed by atoms with Gasteiger partial charge in [0.1, 0.15) is 0 Å². The van der Waals surface area contributed by atoms with Crippen LogP contribution in [-0.2, 0) is 6.54 Å². The Kier molecular flexibility index (Phi) is 4.62. The van der Waals surface area contributed by atoms with Gasteiger partial charge in [-0.1, -0.05) is 53.6 Å². The summed E-state index contributed by atoms with van der Waals surface area (Å²) < 4.78 is 1.28. The molecule has 1 aromatic heterocycles. The van der Waals surface area contributed by atoms with E-state index in [9.17, 15) is 4.79 Å². The van der Waals surface area contributed by atoms with Crippen molar-refractivity contribution in [3.8, 4) is 11.4 Å². The molecular weight excluding hydrogens is 324 g/mol. The highest BCUT2D eigenvalue weighted by Gasteiger charge is 2.14. The van der Waals surface area contributed by atoms with Crippen molar-refractivity contribution >= 4 is 23.5 Å². The molecule has 0 spiro atoms. The third-order valence-corrected chi connectivity index (χ3v) is 3.83. The van der Waals surface area contributed by atoms with Crippen LogP contribution in [0, 0.1) is 6.92 Å². The van der Waals surface area contributed by atoms with Crippen LogP contribution in [0.4, 0.5) is 5.95 Å². The molecule has 24 heavy (non-hydrogen) atoms. The Morgan fingerprint density at radius 2 is 1.79 bits per heavy atom. The molecule has 0 unspecified atom stereocenters. The molecule has 0 bridgehead atoms. The van der Waals surface area contributed by atoms with Crippen molar-refractivity contribution in [2.24, 2.45) is 0 Å². The average molecular weight is 341 g/mol. The zero-order valence-corrected chi connectivity index (χ0v) is 14.2. The summed E-state index contributed by atoms with van der Waals surface area (Å²) in [5.74, 6) is 0.747. The fourth-order valence-corrected chi connectivity index (χ4v) is 2.38. The number of aryl methyl sites for hydroxylation is 1. The van der Waals surface area contributed by atoms with Crippen LogP contribution in [-0.4, -0.2) is 20.7 Å². The Morgan fingerprint density at radius 1 is 1.12 bits per heavy atom. The number of nitrogens with one attached hydrogen (secondary N) is 1. The van der Waals surface area contributed by atoms with E-state index in [4.69, 9.17) is 11.6 Å². The van der Waals surface area contributed by atoms with Crippen LogP contribution in [0.2, 0.25) is 5.02 Å². The van der Waals surface area contributed by atoms with Gasteiger partial charge in [-0.3, -0.25) is 4.79 Å². The van der Waals surface area contributed by atoms with Crippen LogP contribution in [0.25, 0.3) is 11.4 Å². The second kappa shape index (κ2) is 6.84. The van der Waals surface area contributed by atoms with Crippen molar-refractivity contribution in [2.75, 3.05) is 5.32 Å². The van der Waals surface area contributed by atoms with Crippen molar-refractivity contribution in [1.29, 1.82) is 0 Å². The van der Waals surface area contributed by atoms with Gasteiger partial charge in [-0.05, 0) is 24.6 Å². The summed E-state index contributed by atoms with van der Waals surface area (Å²) in [7, 11) is 0. The van der Waals surface area contributed by atoms with Crippen LogP contribution < -0.4 is 5.32 Å². The summed E-state index contributed by atoms with van der Waals surface area (Å²) in [6.07, 6.45) is 0. The molecule has 0 fully saturated rings. The molecule has 6 heteroatoms. The topological polar surface area (TPSA) is 59.8 Å². The van der Waals surface area contributed by atoms with Gasteiger partial charge >= 0.3 is 0 Å². The molecule has 122 valence electrons. The molecular formula is C18H17ClN4O. The predicted molar refractivity (Wildman–Crippen MR) is 95.3 cm³/mol. The Labute approximate surface area is 145 Å². The highest BCUT2D eigenvalue weighted by Crippen LogP contribution is 2.19. The molecule has 0 saturated heterocycles. The van der Waals surface area contributed by atoms with Crippen LogP contribution in [0.15, 0.2) is 48.5 Å². The summed E-state index contributed by atoms with van der Waals surface area (Å²) in [6, 6.07) is 15.4. The molecule has 1 heterocycles. The van der Waals surface area contributed by atoms with Gasteiger partial charge in [0.2, 0.25) is 11.9 Å². The summed E-state index contributed by atoms with van der Waals surface area (Å²) in [5.41, 5.74) is 3.07. The number of nitrogens with zero attached hydrogens (tertiary/aromatic N) is 3. The van der Waals surface area contributed by atoms with Crippen molar-refractivity contribution in [3.63, 3.8) is 0 Å². The molecule has 0 atom stereocenters. The SMILES string of the molecule is CC(=O)n1nc(-c2ccc(C)cc2)nc1NCc1ccc(Cl)cc1. The van der Waals surface area contributed by atoms with E-state index in [2.05, 4.69) is 15.4 Å². The van der Waals surface area contributed by atoms with Crippen LogP contribution in [0.3, 0.4) is 0 Å². The first-order valence-corrected chi connectivity index (χ1v) is 7.94. The normalized spacial score (nSPS) is 10.6. The van der Waals surface area contributed by atoms with Crippen LogP contribution >= 0.6 is 11.6 Å². The number of benzene rings is 2. The fourth-order valence-electron chi connectivity index (χ4n) is 2.25. The number of hydrogen-bond donors (Lipinski definition) is 1. The van der Waals surface area contributed by atoms with Gasteiger partial charge in [0.05, 0.1) is 0 Å². The summed E-state index contributed by atoms with van der Waals surface area (Å²) >= 11 is 5.89. The lowest BCUT2D eigenvalue weighted by Crippen LogP contribution is -2.13. The highest BCUT2D eigenvalue weighted by atomic mass is 35.5. The molecule has 0 saturated carbocycles. The van der Waals surface area contributed by atoms with E-state index in [-0.39, 0.29) is 5.91 Å². The third kappa shape index (κ3) is 3.63. The molecule has 0 amide bonds. The quantitative estimate of drug-likeness (QED) is 0.774. The maximum atomic E-state index is 11.8. The van der Waals surface area contributed by atoms with E-state index < -0.39 is 0 Å². The second-order valence-corrected chi connectivity index (χ2v) is 5.97. The Hall–Kier alpha value is -2.66. The smallest absolute Gasteiger partial charge is 0.246 e. The lowest BCUT2D eigenvalue weighted by atomic mass is 10.1. The summed E-state index contributed by atoms with van der Waals surface area (Å²) in [6.45, 7) is 4.00. The highest BCUT2D eigenvalue weighted by molar-refractivity contribution is 6.30. The number of hydrogen-bond acceptors (Lipinski definition) is 4. The molecule has 3 aromatic rings. The molecule has 0 aliphatic rings. The Morgan fingerprint density at radius 3 is 2.42 bits per heavy atom. The molecule has 2 aromatic carbocycles. The van der Waals surface area contributed by atoms with E-state index in [1.165, 1.54) is 11.6 Å².